The molecule has 1 aromatic carbocycles. The highest BCUT2D eigenvalue weighted by Crippen LogP contribution is 2.31. The average Bonchev–Trinajstić information content (AvgIpc) is 3.43. The fourth-order valence-corrected chi connectivity index (χ4v) is 4.03. The maximum absolute atomic E-state index is 14.5. The zero-order chi connectivity index (χ0) is 19.8. The minimum Gasteiger partial charge on any atom is -0.493 e. The Morgan fingerprint density at radius 2 is 2.07 bits per heavy atom. The Morgan fingerprint density at radius 1 is 1.14 bits per heavy atom. The van der Waals surface area contributed by atoms with Gasteiger partial charge in [-0.2, -0.15) is 0 Å². The molecule has 6 nitrogen and oxygen atoms in total. The maximum atomic E-state index is 14.5. The molecule has 0 N–H and O–H groups in total. The van der Waals surface area contributed by atoms with Crippen LogP contribution in [-0.2, 0) is 25.7 Å². The van der Waals surface area contributed by atoms with E-state index in [1.165, 1.54) is 6.07 Å². The van der Waals surface area contributed by atoms with Gasteiger partial charge in [0.25, 0.3) is 0 Å². The van der Waals surface area contributed by atoms with Crippen LogP contribution >= 0.6 is 0 Å². The van der Waals surface area contributed by atoms with Gasteiger partial charge in [0.15, 0.2) is 5.65 Å². The molecule has 7 heteroatoms. The molecule has 4 heterocycles. The highest BCUT2D eigenvalue weighted by atomic mass is 19.1. The maximum Gasteiger partial charge on any atom is 0.171 e. The zero-order valence-corrected chi connectivity index (χ0v) is 16.1. The summed E-state index contributed by atoms with van der Waals surface area (Å²) in [4.78, 5) is 9.14. The van der Waals surface area contributed by atoms with Crippen LogP contribution in [0.1, 0.15) is 29.6 Å². The van der Waals surface area contributed by atoms with Crippen LogP contribution in [0.4, 0.5) is 4.39 Å². The monoisotopic (exact) mass is 389 g/mol. The fourth-order valence-electron chi connectivity index (χ4n) is 4.03. The average molecular weight is 389 g/mol. The lowest BCUT2D eigenvalue weighted by molar-refractivity contribution is 0.356. The molecule has 4 aromatic rings. The van der Waals surface area contributed by atoms with Crippen molar-refractivity contribution in [3.05, 3.63) is 71.4 Å². The Hall–Kier alpha value is -3.35. The van der Waals surface area contributed by atoms with Gasteiger partial charge in [-0.15, -0.1) is 10.2 Å². The molecule has 0 bridgehead atoms. The number of aromatic nitrogens is 5. The molecule has 0 saturated heterocycles. The lowest BCUT2D eigenvalue weighted by Gasteiger charge is -2.11. The predicted octanol–water partition coefficient (Wildman–Crippen LogP) is 3.61. The van der Waals surface area contributed by atoms with Crippen molar-refractivity contribution in [3.8, 4) is 16.9 Å². The van der Waals surface area contributed by atoms with E-state index in [2.05, 4.69) is 27.1 Å². The molecule has 29 heavy (non-hydrogen) atoms. The number of aryl methyl sites for hydroxylation is 2. The summed E-state index contributed by atoms with van der Waals surface area (Å²) in [6.07, 6.45) is 7.97. The summed E-state index contributed by atoms with van der Waals surface area (Å²) in [5, 5.41) is 8.41. The molecular formula is C22H20FN5O. The van der Waals surface area contributed by atoms with Crippen LogP contribution in [0.2, 0.25) is 0 Å². The molecule has 0 radical (unpaired) electrons. The molecule has 0 saturated carbocycles. The van der Waals surface area contributed by atoms with E-state index in [1.54, 1.807) is 18.6 Å². The second-order valence-electron chi connectivity index (χ2n) is 7.06. The van der Waals surface area contributed by atoms with Gasteiger partial charge in [0, 0.05) is 47.6 Å². The number of benzene rings is 1. The molecule has 0 unspecified atom stereocenters. The summed E-state index contributed by atoms with van der Waals surface area (Å²) in [5.41, 5.74) is 5.33. The predicted molar refractivity (Wildman–Crippen MR) is 106 cm³/mol. The summed E-state index contributed by atoms with van der Waals surface area (Å²) in [7, 11) is 0. The van der Waals surface area contributed by atoms with Crippen molar-refractivity contribution < 1.29 is 9.13 Å². The van der Waals surface area contributed by atoms with Crippen molar-refractivity contribution in [2.45, 2.75) is 32.6 Å². The van der Waals surface area contributed by atoms with Crippen molar-refractivity contribution in [2.24, 2.45) is 0 Å². The van der Waals surface area contributed by atoms with E-state index in [-0.39, 0.29) is 5.82 Å². The third-order valence-corrected chi connectivity index (χ3v) is 5.46. The topological polar surface area (TPSA) is 65.2 Å². The number of ether oxygens (including phenoxy) is 1. The lowest BCUT2D eigenvalue weighted by Crippen LogP contribution is -2.06. The van der Waals surface area contributed by atoms with Crippen molar-refractivity contribution >= 4 is 5.65 Å². The SMILES string of the molecule is CCc1ncccc1-c1cnc(CCc2c(F)ccc3c2CCO3)n2cnnc12. The first-order valence-corrected chi connectivity index (χ1v) is 9.81. The van der Waals surface area contributed by atoms with Crippen LogP contribution in [0.5, 0.6) is 5.75 Å². The number of hydrogen-bond donors (Lipinski definition) is 0. The number of halogens is 1. The second-order valence-corrected chi connectivity index (χ2v) is 7.06. The van der Waals surface area contributed by atoms with Crippen LogP contribution in [0.3, 0.4) is 0 Å². The van der Waals surface area contributed by atoms with Crippen LogP contribution < -0.4 is 4.74 Å². The summed E-state index contributed by atoms with van der Waals surface area (Å²) < 4.78 is 21.9. The van der Waals surface area contributed by atoms with E-state index in [9.17, 15) is 4.39 Å². The minimum atomic E-state index is -0.186. The molecule has 0 atom stereocenters. The van der Waals surface area contributed by atoms with Gasteiger partial charge in [-0.1, -0.05) is 13.0 Å². The Balaban J connectivity index is 1.51. The second kappa shape index (κ2) is 7.24. The van der Waals surface area contributed by atoms with Crippen molar-refractivity contribution in [1.82, 2.24) is 24.6 Å². The van der Waals surface area contributed by atoms with Crippen LogP contribution in [-0.4, -0.2) is 31.2 Å². The lowest BCUT2D eigenvalue weighted by atomic mass is 9.99. The third kappa shape index (κ3) is 3.03. The smallest absolute Gasteiger partial charge is 0.171 e. The molecule has 5 rings (SSSR count). The van der Waals surface area contributed by atoms with Crippen LogP contribution in [0.25, 0.3) is 16.8 Å². The van der Waals surface area contributed by atoms with Gasteiger partial charge >= 0.3 is 0 Å². The molecule has 0 aliphatic carbocycles. The van der Waals surface area contributed by atoms with Gasteiger partial charge < -0.3 is 4.74 Å². The molecule has 0 amide bonds. The standard InChI is InChI=1S/C22H20FN5O/c1-2-19-15(4-3-10-24-19)17-12-25-21(28-13-26-27-22(17)28)8-5-14-16-9-11-29-20(16)7-6-18(14)23/h3-4,6-7,10,12-13H,2,5,8-9,11H2,1H3. The quantitative estimate of drug-likeness (QED) is 0.522. The molecule has 3 aromatic heterocycles. The number of pyridine rings is 1. The van der Waals surface area contributed by atoms with Crippen molar-refractivity contribution in [1.29, 1.82) is 0 Å². The molecule has 0 fully saturated rings. The van der Waals surface area contributed by atoms with Gasteiger partial charge in [-0.25, -0.2) is 9.37 Å². The summed E-state index contributed by atoms with van der Waals surface area (Å²) in [6, 6.07) is 7.14. The number of hydrogen-bond acceptors (Lipinski definition) is 5. The zero-order valence-electron chi connectivity index (χ0n) is 16.1. The largest absolute Gasteiger partial charge is 0.493 e. The normalized spacial score (nSPS) is 12.9. The van der Waals surface area contributed by atoms with E-state index in [0.29, 0.717) is 25.0 Å². The Kier molecular flexibility index (Phi) is 4.42. The molecular weight excluding hydrogens is 369 g/mol. The fraction of sp³-hybridized carbons (Fsp3) is 0.273. The van der Waals surface area contributed by atoms with Crippen LogP contribution in [0.15, 0.2) is 43.0 Å². The molecule has 1 aliphatic rings. The first kappa shape index (κ1) is 17.7. The summed E-state index contributed by atoms with van der Waals surface area (Å²) >= 11 is 0. The van der Waals surface area contributed by atoms with E-state index >= 15 is 0 Å². The first-order valence-electron chi connectivity index (χ1n) is 9.81. The summed E-state index contributed by atoms with van der Waals surface area (Å²) in [5.74, 6) is 1.41. The van der Waals surface area contributed by atoms with Gasteiger partial charge in [0.05, 0.1) is 6.61 Å². The Bertz CT molecular complexity index is 1200. The highest BCUT2D eigenvalue weighted by molar-refractivity contribution is 5.78. The van der Waals surface area contributed by atoms with Crippen LogP contribution in [0, 0.1) is 5.82 Å². The van der Waals surface area contributed by atoms with Gasteiger partial charge in [-0.3, -0.25) is 9.38 Å². The van der Waals surface area contributed by atoms with E-state index in [1.807, 2.05) is 22.7 Å². The molecule has 146 valence electrons. The minimum absolute atomic E-state index is 0.186. The van der Waals surface area contributed by atoms with E-state index in [0.717, 1.165) is 52.4 Å². The molecule has 1 aliphatic heterocycles. The number of rotatable bonds is 5. The molecule has 0 spiro atoms. The van der Waals surface area contributed by atoms with E-state index < -0.39 is 0 Å². The van der Waals surface area contributed by atoms with Gasteiger partial charge in [0.2, 0.25) is 0 Å². The highest BCUT2D eigenvalue weighted by Gasteiger charge is 2.20. The number of nitrogens with zero attached hydrogens (tertiary/aromatic N) is 5. The Morgan fingerprint density at radius 3 is 2.97 bits per heavy atom. The Labute approximate surface area is 167 Å². The summed E-state index contributed by atoms with van der Waals surface area (Å²) in [6.45, 7) is 2.69. The first-order chi connectivity index (χ1) is 14.3. The third-order valence-electron chi connectivity index (χ3n) is 5.46. The van der Waals surface area contributed by atoms with Gasteiger partial charge in [-0.05, 0) is 36.6 Å². The number of fused-ring (bicyclic) bond motifs is 2. The van der Waals surface area contributed by atoms with E-state index in [4.69, 9.17) is 4.74 Å². The van der Waals surface area contributed by atoms with Gasteiger partial charge in [0.1, 0.15) is 23.7 Å². The van der Waals surface area contributed by atoms with Crippen molar-refractivity contribution in [2.75, 3.05) is 6.61 Å². The van der Waals surface area contributed by atoms with Crippen molar-refractivity contribution in [3.63, 3.8) is 0 Å².